The molecule has 1 heterocycles. The van der Waals surface area contributed by atoms with Crippen molar-refractivity contribution in [2.24, 2.45) is 22.7 Å². The van der Waals surface area contributed by atoms with E-state index in [1.807, 2.05) is 31.2 Å². The summed E-state index contributed by atoms with van der Waals surface area (Å²) >= 11 is 7.61. The van der Waals surface area contributed by atoms with Crippen molar-refractivity contribution in [3.8, 4) is 5.75 Å². The molecule has 0 bridgehead atoms. The fourth-order valence-corrected chi connectivity index (χ4v) is 10.4. The van der Waals surface area contributed by atoms with Crippen LogP contribution in [0, 0.1) is 22.7 Å². The molecule has 1 aliphatic heterocycles. The number of hydrogen-bond acceptors (Lipinski definition) is 8. The first-order valence-corrected chi connectivity index (χ1v) is 16.7. The number of phenolic OH excluding ortho intramolecular Hbond substituents is 1. The van der Waals surface area contributed by atoms with Gasteiger partial charge in [-0.25, -0.2) is 4.39 Å². The summed E-state index contributed by atoms with van der Waals surface area (Å²) in [7, 11) is 0. The Hall–Kier alpha value is -2.53. The topological polar surface area (TPSA) is 113 Å². The molecule has 1 saturated heterocycles. The van der Waals surface area contributed by atoms with Crippen LogP contribution >= 0.6 is 23.4 Å². The van der Waals surface area contributed by atoms with Gasteiger partial charge in [-0.2, -0.15) is 0 Å². The molecule has 9 atom stereocenters. The maximum Gasteiger partial charge on any atom is 0.193 e. The van der Waals surface area contributed by atoms with Crippen molar-refractivity contribution in [3.63, 3.8) is 0 Å². The van der Waals surface area contributed by atoms with Crippen molar-refractivity contribution in [2.45, 2.75) is 79.9 Å². The predicted molar refractivity (Wildman–Crippen MR) is 166 cm³/mol. The van der Waals surface area contributed by atoms with Crippen LogP contribution in [0.4, 0.5) is 4.39 Å². The van der Waals surface area contributed by atoms with Crippen LogP contribution in [0.25, 0.3) is 0 Å². The summed E-state index contributed by atoms with van der Waals surface area (Å²) in [6, 6.07) is 12.8. The Labute approximate surface area is 270 Å². The number of alkyl halides is 1. The van der Waals surface area contributed by atoms with E-state index in [4.69, 9.17) is 21.1 Å². The van der Waals surface area contributed by atoms with Gasteiger partial charge in [0.2, 0.25) is 0 Å². The number of halogens is 2. The number of aliphatic hydroxyl groups is 2. The Bertz CT molecular complexity index is 1630. The summed E-state index contributed by atoms with van der Waals surface area (Å²) in [4.78, 5) is 26.8. The molecule has 3 N–H and O–H groups in total. The van der Waals surface area contributed by atoms with Crippen LogP contribution in [0.15, 0.2) is 71.2 Å². The molecule has 0 radical (unpaired) electrons. The zero-order valence-corrected chi connectivity index (χ0v) is 26.6. The second kappa shape index (κ2) is 10.8. The minimum Gasteiger partial charge on any atom is -0.506 e. The molecule has 10 heteroatoms. The molecule has 0 unspecified atom stereocenters. The summed E-state index contributed by atoms with van der Waals surface area (Å²) in [5.41, 5.74) is -3.30. The second-order valence-corrected chi connectivity index (χ2v) is 15.0. The van der Waals surface area contributed by atoms with Crippen molar-refractivity contribution >= 4 is 34.9 Å². The van der Waals surface area contributed by atoms with E-state index in [0.717, 1.165) is 10.5 Å². The SMILES string of the molecule is C[C@]12C=CC(=O)C=C1CC[C@H]1[C@@H]3C[C@H]4O[C@@H](c5ccc(CSc6ccc(O)c(Cl)c6)cc5)O[C@@]4(C(=O)CO)[C@@]3(C)C[C@H](O)[C@@]12F. The number of hydrogen-bond donors (Lipinski definition) is 3. The summed E-state index contributed by atoms with van der Waals surface area (Å²) in [5, 5.41) is 31.8. The fourth-order valence-electron chi connectivity index (χ4n) is 9.24. The van der Waals surface area contributed by atoms with Crippen LogP contribution in [-0.4, -0.2) is 57.0 Å². The number of allylic oxidation sites excluding steroid dienone is 4. The van der Waals surface area contributed by atoms with E-state index < -0.39 is 58.9 Å². The van der Waals surface area contributed by atoms with Gasteiger partial charge in [0.05, 0.1) is 17.2 Å². The number of carbonyl (C=O) groups excluding carboxylic acids is 2. The number of aromatic hydroxyl groups is 1. The summed E-state index contributed by atoms with van der Waals surface area (Å²) in [6.45, 7) is 2.88. The average Bonchev–Trinajstić information content (AvgIpc) is 3.52. The van der Waals surface area contributed by atoms with Crippen LogP contribution in [0.5, 0.6) is 5.75 Å². The number of phenols is 1. The largest absolute Gasteiger partial charge is 0.506 e. The van der Waals surface area contributed by atoms with E-state index in [2.05, 4.69) is 0 Å². The summed E-state index contributed by atoms with van der Waals surface area (Å²) in [5.74, 6) is -0.966. The van der Waals surface area contributed by atoms with Gasteiger partial charge in [-0.1, -0.05) is 54.4 Å². The molecule has 4 aliphatic carbocycles. The highest BCUT2D eigenvalue weighted by Crippen LogP contribution is 2.72. The normalized spacial score (nSPS) is 39.9. The van der Waals surface area contributed by atoms with Crippen LogP contribution in [0.1, 0.15) is 56.9 Å². The number of rotatable bonds is 6. The Kier molecular flexibility index (Phi) is 7.43. The van der Waals surface area contributed by atoms with Gasteiger partial charge in [0.25, 0.3) is 0 Å². The Morgan fingerprint density at radius 1 is 1.16 bits per heavy atom. The number of aliphatic hydroxyl groups excluding tert-OH is 2. The quantitative estimate of drug-likeness (QED) is 0.324. The first-order valence-electron chi connectivity index (χ1n) is 15.4. The molecule has 4 fully saturated rings. The van der Waals surface area contributed by atoms with Crippen LogP contribution in [-0.2, 0) is 24.8 Å². The van der Waals surface area contributed by atoms with E-state index in [9.17, 15) is 24.9 Å². The number of Topliss-reactive ketones (excluding diaryl/α,β-unsaturated/α-hetero) is 1. The highest BCUT2D eigenvalue weighted by Gasteiger charge is 2.79. The third-order valence-corrected chi connectivity index (χ3v) is 12.9. The van der Waals surface area contributed by atoms with Gasteiger partial charge < -0.3 is 24.8 Å². The zero-order valence-electron chi connectivity index (χ0n) is 25.0. The summed E-state index contributed by atoms with van der Waals surface area (Å²) in [6.07, 6.45) is 2.70. The van der Waals surface area contributed by atoms with Crippen molar-refractivity contribution in [1.82, 2.24) is 0 Å². The second-order valence-electron chi connectivity index (χ2n) is 13.5. The standard InChI is InChI=1S/C35H36ClFO7S/c1-32-12-11-22(39)13-21(32)7-9-24-25-15-30-35(29(42)17-38,33(25,2)16-28(41)34(24,32)37)44-31(43-30)20-5-3-19(4-6-20)18-45-23-8-10-27(40)26(36)14-23/h3-6,8,10-14,24-25,28,30-31,38,40-41H,7,9,15-18H2,1-2H3/t24-,25-,28-,30+,31+,32-,33-,34-,35+/m0/s1. The van der Waals surface area contributed by atoms with Gasteiger partial charge in [0.15, 0.2) is 29.1 Å². The molecule has 3 saturated carbocycles. The minimum atomic E-state index is -2.04. The monoisotopic (exact) mass is 654 g/mol. The van der Waals surface area contributed by atoms with E-state index in [1.54, 1.807) is 43.0 Å². The first-order chi connectivity index (χ1) is 21.4. The lowest BCUT2D eigenvalue weighted by molar-refractivity contribution is -0.231. The molecule has 0 amide bonds. The Morgan fingerprint density at radius 2 is 1.91 bits per heavy atom. The van der Waals surface area contributed by atoms with Gasteiger partial charge in [-0.05, 0) is 74.4 Å². The van der Waals surface area contributed by atoms with E-state index in [-0.39, 0.29) is 23.9 Å². The van der Waals surface area contributed by atoms with Gasteiger partial charge >= 0.3 is 0 Å². The first kappa shape index (κ1) is 31.1. The lowest BCUT2D eigenvalue weighted by atomic mass is 9.44. The molecule has 0 aromatic heterocycles. The number of carbonyl (C=O) groups is 2. The number of benzene rings is 2. The predicted octanol–water partition coefficient (Wildman–Crippen LogP) is 6.03. The number of thioether (sulfide) groups is 1. The van der Waals surface area contributed by atoms with Crippen molar-refractivity contribution in [2.75, 3.05) is 6.61 Å². The van der Waals surface area contributed by atoms with Gasteiger partial charge in [-0.3, -0.25) is 9.59 Å². The Morgan fingerprint density at radius 3 is 2.62 bits per heavy atom. The van der Waals surface area contributed by atoms with Crippen LogP contribution in [0.2, 0.25) is 5.02 Å². The zero-order chi connectivity index (χ0) is 31.9. The average molecular weight is 655 g/mol. The molecular weight excluding hydrogens is 619 g/mol. The molecule has 0 spiro atoms. The lowest BCUT2D eigenvalue weighted by Crippen LogP contribution is -2.69. The third-order valence-electron chi connectivity index (χ3n) is 11.5. The molecule has 7 rings (SSSR count). The van der Waals surface area contributed by atoms with E-state index in [0.29, 0.717) is 41.2 Å². The molecule has 5 aliphatic rings. The highest BCUT2D eigenvalue weighted by molar-refractivity contribution is 7.98. The molecule has 45 heavy (non-hydrogen) atoms. The van der Waals surface area contributed by atoms with E-state index >= 15 is 4.39 Å². The molecule has 7 nitrogen and oxygen atoms in total. The molecule has 2 aromatic rings. The number of fused-ring (bicyclic) bond motifs is 7. The van der Waals surface area contributed by atoms with Crippen molar-refractivity contribution in [3.05, 3.63) is 82.4 Å². The van der Waals surface area contributed by atoms with Crippen LogP contribution in [0.3, 0.4) is 0 Å². The van der Waals surface area contributed by atoms with E-state index in [1.165, 1.54) is 12.2 Å². The van der Waals surface area contributed by atoms with Gasteiger partial charge in [-0.15, -0.1) is 11.8 Å². The maximum absolute atomic E-state index is 17.5. The lowest BCUT2D eigenvalue weighted by Gasteiger charge is -2.62. The van der Waals surface area contributed by atoms with Gasteiger partial charge in [0.1, 0.15) is 12.4 Å². The molecule has 238 valence electrons. The molecular formula is C35H36ClFO7S. The van der Waals surface area contributed by atoms with Crippen LogP contribution < -0.4 is 0 Å². The number of ketones is 2. The summed E-state index contributed by atoms with van der Waals surface area (Å²) < 4.78 is 30.6. The smallest absolute Gasteiger partial charge is 0.193 e. The Balaban J connectivity index is 1.15. The third kappa shape index (κ3) is 4.31. The number of ether oxygens (including phenoxy) is 2. The van der Waals surface area contributed by atoms with Crippen molar-refractivity contribution in [1.29, 1.82) is 0 Å². The van der Waals surface area contributed by atoms with Crippen molar-refractivity contribution < 1.29 is 38.8 Å². The maximum atomic E-state index is 17.5. The fraction of sp³-hybridized carbons (Fsp3) is 0.486. The van der Waals surface area contributed by atoms with Gasteiger partial charge in [0, 0.05) is 33.0 Å². The minimum absolute atomic E-state index is 0.0365. The molecule has 2 aromatic carbocycles. The highest BCUT2D eigenvalue weighted by atomic mass is 35.5.